The van der Waals surface area contributed by atoms with Gasteiger partial charge in [-0.2, -0.15) is 0 Å². The summed E-state index contributed by atoms with van der Waals surface area (Å²) in [5.74, 6) is 0.354. The van der Waals surface area contributed by atoms with Gasteiger partial charge in [-0.05, 0) is 37.5 Å². The second-order valence-electron chi connectivity index (χ2n) is 6.07. The van der Waals surface area contributed by atoms with Gasteiger partial charge in [-0.1, -0.05) is 13.0 Å². The molecule has 23 heavy (non-hydrogen) atoms. The van der Waals surface area contributed by atoms with Crippen LogP contribution in [0.5, 0.6) is 0 Å². The van der Waals surface area contributed by atoms with E-state index in [0.717, 1.165) is 6.42 Å². The Morgan fingerprint density at radius 2 is 2.13 bits per heavy atom. The Labute approximate surface area is 137 Å². The third-order valence-corrected chi connectivity index (χ3v) is 5.49. The van der Waals surface area contributed by atoms with E-state index in [4.69, 9.17) is 4.74 Å². The fourth-order valence-corrected chi connectivity index (χ4v) is 3.96. The molecule has 1 N–H and O–H groups in total. The molecule has 1 aliphatic heterocycles. The molecule has 7 heteroatoms. The summed E-state index contributed by atoms with van der Waals surface area (Å²) in [5, 5.41) is 0. The molecule has 1 amide bonds. The molecule has 1 fully saturated rings. The van der Waals surface area contributed by atoms with Gasteiger partial charge in [0.05, 0.1) is 11.5 Å². The Morgan fingerprint density at radius 1 is 1.39 bits per heavy atom. The van der Waals surface area contributed by atoms with Crippen molar-refractivity contribution in [3.63, 3.8) is 0 Å². The van der Waals surface area contributed by atoms with Crippen molar-refractivity contribution < 1.29 is 17.9 Å². The van der Waals surface area contributed by atoms with Crippen molar-refractivity contribution in [2.24, 2.45) is 5.92 Å². The predicted octanol–water partition coefficient (Wildman–Crippen LogP) is 1.48. The monoisotopic (exact) mass is 340 g/mol. The first kappa shape index (κ1) is 17.9. The van der Waals surface area contributed by atoms with E-state index in [2.05, 4.69) is 11.6 Å². The number of nitrogens with one attached hydrogen (secondary N) is 1. The fourth-order valence-electron chi connectivity index (χ4n) is 2.91. The number of amides is 1. The number of benzene rings is 1. The molecule has 0 aliphatic carbocycles. The van der Waals surface area contributed by atoms with Gasteiger partial charge in [0.25, 0.3) is 5.91 Å². The average Bonchev–Trinajstić information content (AvgIpc) is 2.85. The Hall–Kier alpha value is -1.44. The fraction of sp³-hybridized carbons (Fsp3) is 0.562. The number of carbonyl (C=O) groups excluding carboxylic acids is 1. The van der Waals surface area contributed by atoms with E-state index in [1.807, 2.05) is 11.8 Å². The molecule has 2 atom stereocenters. The van der Waals surface area contributed by atoms with Crippen LogP contribution in [0.25, 0.3) is 0 Å². The number of sulfonamides is 1. The quantitative estimate of drug-likeness (QED) is 0.796. The third-order valence-electron chi connectivity index (χ3n) is 4.03. The molecular formula is C16H24N2O4S. The number of hydrogen-bond donors (Lipinski definition) is 1. The molecule has 0 spiro atoms. The maximum atomic E-state index is 12.6. The average molecular weight is 340 g/mol. The molecule has 0 aromatic heterocycles. The van der Waals surface area contributed by atoms with Gasteiger partial charge < -0.3 is 9.64 Å². The predicted molar refractivity (Wildman–Crippen MR) is 87.8 cm³/mol. The summed E-state index contributed by atoms with van der Waals surface area (Å²) in [7, 11) is -2.13. The van der Waals surface area contributed by atoms with Crippen LogP contribution in [0.3, 0.4) is 0 Å². The van der Waals surface area contributed by atoms with Crippen molar-refractivity contribution in [3.8, 4) is 0 Å². The van der Waals surface area contributed by atoms with E-state index in [-0.39, 0.29) is 23.4 Å². The first-order chi connectivity index (χ1) is 10.8. The van der Waals surface area contributed by atoms with Crippen LogP contribution < -0.4 is 4.72 Å². The van der Waals surface area contributed by atoms with E-state index in [1.54, 1.807) is 12.1 Å². The molecular weight excluding hydrogens is 316 g/mol. The standard InChI is InChI=1S/C16H24N2O4S/c1-12-9-13(2)18(11-12)16(19)14-5-4-6-15(10-14)23(20,21)17-7-8-22-3/h4-6,10,12-13,17H,7-9,11H2,1-3H3/t12-,13-/m1/s1. The molecule has 1 heterocycles. The number of carbonyl (C=O) groups is 1. The minimum absolute atomic E-state index is 0.0966. The molecule has 0 radical (unpaired) electrons. The van der Waals surface area contributed by atoms with E-state index in [1.165, 1.54) is 19.2 Å². The first-order valence-corrected chi connectivity index (χ1v) is 9.23. The second kappa shape index (κ2) is 7.42. The molecule has 128 valence electrons. The minimum Gasteiger partial charge on any atom is -0.383 e. The van der Waals surface area contributed by atoms with E-state index in [9.17, 15) is 13.2 Å². The smallest absolute Gasteiger partial charge is 0.254 e. The maximum absolute atomic E-state index is 12.6. The molecule has 1 aliphatic rings. The van der Waals surface area contributed by atoms with Gasteiger partial charge in [-0.15, -0.1) is 0 Å². The number of rotatable bonds is 6. The lowest BCUT2D eigenvalue weighted by Gasteiger charge is -2.21. The number of methoxy groups -OCH3 is 1. The number of likely N-dealkylation sites (tertiary alicyclic amines) is 1. The lowest BCUT2D eigenvalue weighted by Crippen LogP contribution is -2.34. The zero-order chi connectivity index (χ0) is 17.0. The molecule has 1 aromatic carbocycles. The van der Waals surface area contributed by atoms with Crippen molar-refractivity contribution >= 4 is 15.9 Å². The van der Waals surface area contributed by atoms with Crippen LogP contribution in [0, 0.1) is 5.92 Å². The molecule has 1 saturated heterocycles. The summed E-state index contributed by atoms with van der Waals surface area (Å²) >= 11 is 0. The lowest BCUT2D eigenvalue weighted by atomic mass is 10.1. The highest BCUT2D eigenvalue weighted by Gasteiger charge is 2.30. The largest absolute Gasteiger partial charge is 0.383 e. The zero-order valence-electron chi connectivity index (χ0n) is 13.8. The van der Waals surface area contributed by atoms with E-state index >= 15 is 0 Å². The summed E-state index contributed by atoms with van der Waals surface area (Å²) in [6.07, 6.45) is 0.975. The van der Waals surface area contributed by atoms with Crippen LogP contribution in [0.2, 0.25) is 0 Å². The number of nitrogens with zero attached hydrogens (tertiary/aromatic N) is 1. The van der Waals surface area contributed by atoms with Gasteiger partial charge in [0.1, 0.15) is 0 Å². The SMILES string of the molecule is COCCNS(=O)(=O)c1cccc(C(=O)N2C[C@H](C)C[C@H]2C)c1. The third kappa shape index (κ3) is 4.31. The minimum atomic E-state index is -3.64. The molecule has 0 saturated carbocycles. The zero-order valence-corrected chi connectivity index (χ0v) is 14.6. The van der Waals surface area contributed by atoms with E-state index in [0.29, 0.717) is 24.6 Å². The van der Waals surface area contributed by atoms with Crippen LogP contribution in [-0.4, -0.2) is 52.1 Å². The van der Waals surface area contributed by atoms with Gasteiger partial charge >= 0.3 is 0 Å². The first-order valence-electron chi connectivity index (χ1n) is 7.75. The highest BCUT2D eigenvalue weighted by molar-refractivity contribution is 7.89. The van der Waals surface area contributed by atoms with Gasteiger partial charge in [-0.3, -0.25) is 4.79 Å². The molecule has 6 nitrogen and oxygen atoms in total. The van der Waals surface area contributed by atoms with Crippen LogP contribution in [-0.2, 0) is 14.8 Å². The Balaban J connectivity index is 2.18. The molecule has 0 unspecified atom stereocenters. The van der Waals surface area contributed by atoms with Crippen molar-refractivity contribution in [2.45, 2.75) is 31.2 Å². The van der Waals surface area contributed by atoms with E-state index < -0.39 is 10.0 Å². The van der Waals surface area contributed by atoms with Crippen molar-refractivity contribution in [2.75, 3.05) is 26.8 Å². The summed E-state index contributed by atoms with van der Waals surface area (Å²) in [6, 6.07) is 6.36. The lowest BCUT2D eigenvalue weighted by molar-refractivity contribution is 0.0743. The Bertz CT molecular complexity index is 660. The normalized spacial score (nSPS) is 21.6. The van der Waals surface area contributed by atoms with Gasteiger partial charge in [0.15, 0.2) is 0 Å². The summed E-state index contributed by atoms with van der Waals surface area (Å²) in [6.45, 7) is 5.33. The highest BCUT2D eigenvalue weighted by atomic mass is 32.2. The summed E-state index contributed by atoms with van der Waals surface area (Å²) < 4.78 is 31.7. The van der Waals surface area contributed by atoms with Gasteiger partial charge in [0, 0.05) is 31.8 Å². The highest BCUT2D eigenvalue weighted by Crippen LogP contribution is 2.24. The molecule has 0 bridgehead atoms. The number of hydrogen-bond acceptors (Lipinski definition) is 4. The van der Waals surface area contributed by atoms with Crippen molar-refractivity contribution in [1.82, 2.24) is 9.62 Å². The van der Waals surface area contributed by atoms with Gasteiger partial charge in [0.2, 0.25) is 10.0 Å². The van der Waals surface area contributed by atoms with Crippen molar-refractivity contribution in [1.29, 1.82) is 0 Å². The van der Waals surface area contributed by atoms with Crippen LogP contribution in [0.1, 0.15) is 30.6 Å². The molecule has 2 rings (SSSR count). The second-order valence-corrected chi connectivity index (χ2v) is 7.83. The maximum Gasteiger partial charge on any atom is 0.254 e. The van der Waals surface area contributed by atoms with Crippen LogP contribution in [0.15, 0.2) is 29.2 Å². The molecule has 1 aromatic rings. The summed E-state index contributed by atoms with van der Waals surface area (Å²) in [5.41, 5.74) is 0.403. The van der Waals surface area contributed by atoms with Gasteiger partial charge in [-0.25, -0.2) is 13.1 Å². The Morgan fingerprint density at radius 3 is 2.74 bits per heavy atom. The van der Waals surface area contributed by atoms with Crippen LogP contribution >= 0.6 is 0 Å². The van der Waals surface area contributed by atoms with Crippen LogP contribution in [0.4, 0.5) is 0 Å². The van der Waals surface area contributed by atoms with Crippen molar-refractivity contribution in [3.05, 3.63) is 29.8 Å². The topological polar surface area (TPSA) is 75.7 Å². The summed E-state index contributed by atoms with van der Waals surface area (Å²) in [4.78, 5) is 14.5. The Kier molecular flexibility index (Phi) is 5.78. The number of ether oxygens (including phenoxy) is 1.